The molecule has 0 saturated carbocycles. The summed E-state index contributed by atoms with van der Waals surface area (Å²) in [5.74, 6) is -1.01. The fraction of sp³-hybridized carbons (Fsp3) is 0.364. The minimum Gasteiger partial charge on any atom is -0.463 e. The molecule has 0 aromatic carbocycles. The van der Waals surface area contributed by atoms with Crippen molar-refractivity contribution in [1.82, 2.24) is 15.1 Å². The van der Waals surface area contributed by atoms with E-state index >= 15 is 0 Å². The van der Waals surface area contributed by atoms with Crippen LogP contribution in [0.15, 0.2) is 24.2 Å². The van der Waals surface area contributed by atoms with Crippen LogP contribution in [0.5, 0.6) is 0 Å². The number of nitrogens with one attached hydrogen (secondary N) is 1. The van der Waals surface area contributed by atoms with Crippen LogP contribution in [-0.2, 0) is 20.9 Å². The molecule has 1 aromatic heterocycles. The molecule has 1 heterocycles. The quantitative estimate of drug-likeness (QED) is 0.349. The Morgan fingerprint density at radius 3 is 2.85 bits per heavy atom. The third kappa shape index (κ3) is 4.88. The number of rotatable bonds is 6. The largest absolute Gasteiger partial charge is 0.463 e. The number of hydrogen-bond donors (Lipinski definition) is 1. The van der Waals surface area contributed by atoms with Crippen molar-refractivity contribution in [3.8, 4) is 0 Å². The first-order chi connectivity index (χ1) is 9.42. The van der Waals surface area contributed by atoms with Crippen LogP contribution in [0.1, 0.15) is 13.8 Å². The summed E-state index contributed by atoms with van der Waals surface area (Å²) < 4.78 is 5.81. The highest BCUT2D eigenvalue weighted by Crippen LogP contribution is 2.07. The summed E-state index contributed by atoms with van der Waals surface area (Å²) in [5.41, 5.74) is 0.117. The molecule has 108 valence electrons. The Balaban J connectivity index is 2.54. The number of carbonyl (C=O) groups excluding carboxylic acids is 2. The minimum absolute atomic E-state index is 0.193. The fourth-order valence-corrected chi connectivity index (χ4v) is 1.34. The van der Waals surface area contributed by atoms with E-state index in [1.165, 1.54) is 6.92 Å². The minimum atomic E-state index is -0.604. The Labute approximate surface area is 114 Å². The van der Waals surface area contributed by atoms with Gasteiger partial charge in [0.1, 0.15) is 18.9 Å². The molecular formula is C11H14N4O5. The van der Waals surface area contributed by atoms with Gasteiger partial charge in [0.2, 0.25) is 5.91 Å². The highest BCUT2D eigenvalue weighted by atomic mass is 16.6. The molecule has 9 heteroatoms. The molecule has 0 aliphatic carbocycles. The first-order valence-electron chi connectivity index (χ1n) is 5.74. The number of ether oxygens (including phenoxy) is 1. The van der Waals surface area contributed by atoms with Crippen LogP contribution in [0.4, 0.5) is 5.69 Å². The molecule has 1 rings (SSSR count). The van der Waals surface area contributed by atoms with E-state index in [-0.39, 0.29) is 18.8 Å². The van der Waals surface area contributed by atoms with Crippen molar-refractivity contribution in [2.24, 2.45) is 0 Å². The van der Waals surface area contributed by atoms with Gasteiger partial charge in [0.25, 0.3) is 0 Å². The standard InChI is InChI=1S/C11H14N4O5/c1-3-20-11(17)4-8(2)13-10(16)7-14-6-9(5-12-14)15(18)19/h4-6H,3,7H2,1-2H3,(H,13,16)/b8-4+. The van der Waals surface area contributed by atoms with Crippen molar-refractivity contribution < 1.29 is 19.2 Å². The van der Waals surface area contributed by atoms with Crippen LogP contribution < -0.4 is 5.32 Å². The predicted octanol–water partition coefficient (Wildman–Crippen LogP) is 0.374. The molecule has 0 fully saturated rings. The molecule has 0 atom stereocenters. The van der Waals surface area contributed by atoms with Gasteiger partial charge in [-0.3, -0.25) is 19.6 Å². The van der Waals surface area contributed by atoms with Crippen LogP contribution >= 0.6 is 0 Å². The number of carbonyl (C=O) groups is 2. The summed E-state index contributed by atoms with van der Waals surface area (Å²) in [7, 11) is 0. The van der Waals surface area contributed by atoms with Gasteiger partial charge in [0.15, 0.2) is 0 Å². The van der Waals surface area contributed by atoms with E-state index in [0.29, 0.717) is 5.70 Å². The third-order valence-corrected chi connectivity index (χ3v) is 2.09. The fourth-order valence-electron chi connectivity index (χ4n) is 1.34. The Bertz CT molecular complexity index is 549. The molecule has 0 aliphatic heterocycles. The lowest BCUT2D eigenvalue weighted by Gasteiger charge is -2.05. The first-order valence-corrected chi connectivity index (χ1v) is 5.74. The van der Waals surface area contributed by atoms with Crippen molar-refractivity contribution in [3.05, 3.63) is 34.3 Å². The van der Waals surface area contributed by atoms with E-state index in [0.717, 1.165) is 23.2 Å². The van der Waals surface area contributed by atoms with Crippen LogP contribution in [-0.4, -0.2) is 33.2 Å². The zero-order valence-corrected chi connectivity index (χ0v) is 11.0. The van der Waals surface area contributed by atoms with Crippen LogP contribution in [0.25, 0.3) is 0 Å². The number of nitro groups is 1. The molecule has 1 aromatic rings. The topological polar surface area (TPSA) is 116 Å². The second-order valence-corrected chi connectivity index (χ2v) is 3.78. The number of esters is 1. The molecule has 0 unspecified atom stereocenters. The zero-order chi connectivity index (χ0) is 15.1. The van der Waals surface area contributed by atoms with E-state index in [2.05, 4.69) is 15.2 Å². The highest BCUT2D eigenvalue weighted by Gasteiger charge is 2.11. The van der Waals surface area contributed by atoms with Gasteiger partial charge in [-0.05, 0) is 13.8 Å². The smallest absolute Gasteiger partial charge is 0.332 e. The van der Waals surface area contributed by atoms with E-state index in [1.54, 1.807) is 6.92 Å². The molecule has 0 aliphatic rings. The van der Waals surface area contributed by atoms with Crippen molar-refractivity contribution in [3.63, 3.8) is 0 Å². The number of hydrogen-bond acceptors (Lipinski definition) is 6. The van der Waals surface area contributed by atoms with Crippen LogP contribution in [0, 0.1) is 10.1 Å². The number of nitrogens with zero attached hydrogens (tertiary/aromatic N) is 3. The van der Waals surface area contributed by atoms with Gasteiger partial charge in [0, 0.05) is 11.8 Å². The molecule has 0 spiro atoms. The van der Waals surface area contributed by atoms with Crippen LogP contribution in [0.2, 0.25) is 0 Å². The maximum Gasteiger partial charge on any atom is 0.332 e. The van der Waals surface area contributed by atoms with E-state index < -0.39 is 16.8 Å². The molecule has 9 nitrogen and oxygen atoms in total. The second-order valence-electron chi connectivity index (χ2n) is 3.78. The lowest BCUT2D eigenvalue weighted by Crippen LogP contribution is -2.26. The summed E-state index contributed by atoms with van der Waals surface area (Å²) in [6.45, 7) is 3.25. The average molecular weight is 282 g/mol. The molecule has 0 bridgehead atoms. The lowest BCUT2D eigenvalue weighted by molar-refractivity contribution is -0.385. The van der Waals surface area contributed by atoms with Gasteiger partial charge in [-0.1, -0.05) is 0 Å². The summed E-state index contributed by atoms with van der Waals surface area (Å²) in [6.07, 6.45) is 3.34. The molecule has 0 radical (unpaired) electrons. The summed E-state index contributed by atoms with van der Waals surface area (Å²) in [6, 6.07) is 0. The molecule has 1 N–H and O–H groups in total. The second kappa shape index (κ2) is 7.02. The maximum absolute atomic E-state index is 11.6. The Kier molecular flexibility index (Phi) is 5.39. The van der Waals surface area contributed by atoms with Gasteiger partial charge in [-0.2, -0.15) is 5.10 Å². The molecular weight excluding hydrogens is 268 g/mol. The number of amides is 1. The van der Waals surface area contributed by atoms with Crippen molar-refractivity contribution in [2.75, 3.05) is 6.61 Å². The Morgan fingerprint density at radius 2 is 2.30 bits per heavy atom. The van der Waals surface area contributed by atoms with E-state index in [1.807, 2.05) is 0 Å². The monoisotopic (exact) mass is 282 g/mol. The van der Waals surface area contributed by atoms with Gasteiger partial charge in [-0.15, -0.1) is 0 Å². The first kappa shape index (κ1) is 15.3. The summed E-state index contributed by atoms with van der Waals surface area (Å²) >= 11 is 0. The van der Waals surface area contributed by atoms with Crippen molar-refractivity contribution in [2.45, 2.75) is 20.4 Å². The van der Waals surface area contributed by atoms with E-state index in [9.17, 15) is 19.7 Å². The zero-order valence-electron chi connectivity index (χ0n) is 11.0. The van der Waals surface area contributed by atoms with Crippen molar-refractivity contribution >= 4 is 17.6 Å². The van der Waals surface area contributed by atoms with Crippen molar-refractivity contribution in [1.29, 1.82) is 0 Å². The van der Waals surface area contributed by atoms with Gasteiger partial charge < -0.3 is 10.1 Å². The summed E-state index contributed by atoms with van der Waals surface area (Å²) in [5, 5.41) is 16.6. The number of aromatic nitrogens is 2. The molecule has 20 heavy (non-hydrogen) atoms. The van der Waals surface area contributed by atoms with E-state index in [4.69, 9.17) is 0 Å². The third-order valence-electron chi connectivity index (χ3n) is 2.09. The SMILES string of the molecule is CCOC(=O)/C=C(\C)NC(=O)Cn1cc([N+](=O)[O-])cn1. The van der Waals surface area contributed by atoms with Gasteiger partial charge in [-0.25, -0.2) is 4.79 Å². The van der Waals surface area contributed by atoms with Crippen LogP contribution in [0.3, 0.4) is 0 Å². The maximum atomic E-state index is 11.6. The lowest BCUT2D eigenvalue weighted by atomic mass is 10.4. The molecule has 1 amide bonds. The Morgan fingerprint density at radius 1 is 1.60 bits per heavy atom. The highest BCUT2D eigenvalue weighted by molar-refractivity contribution is 5.84. The average Bonchev–Trinajstić information content (AvgIpc) is 2.77. The van der Waals surface area contributed by atoms with Gasteiger partial charge >= 0.3 is 11.7 Å². The number of allylic oxidation sites excluding steroid dienone is 1. The predicted molar refractivity (Wildman–Crippen MR) is 67.4 cm³/mol. The summed E-state index contributed by atoms with van der Waals surface area (Å²) in [4.78, 5) is 32.6. The van der Waals surface area contributed by atoms with Gasteiger partial charge in [0.05, 0.1) is 11.5 Å². The Hall–Kier alpha value is -2.71. The normalized spacial score (nSPS) is 11.0. The molecule has 0 saturated heterocycles.